The molecule has 1 aromatic carbocycles. The monoisotopic (exact) mass is 611 g/mol. The van der Waals surface area contributed by atoms with Crippen molar-refractivity contribution in [2.45, 2.75) is 156 Å². The number of unbranched alkanes of at least 4 members (excludes halogenated alkanes) is 7. The molecule has 0 saturated heterocycles. The van der Waals surface area contributed by atoms with Crippen molar-refractivity contribution in [1.29, 1.82) is 0 Å². The number of rotatable bonds is 19. The Hall–Kier alpha value is -0.910. The van der Waals surface area contributed by atoms with Gasteiger partial charge in [-0.05, 0) is 80.2 Å². The fourth-order valence-electron chi connectivity index (χ4n) is 5.39. The Morgan fingerprint density at radius 1 is 0.786 bits per heavy atom. The molecular weight excluding hydrogens is 543 g/mol. The number of hydrogen-bond acceptors (Lipinski definition) is 5. The van der Waals surface area contributed by atoms with E-state index >= 15 is 0 Å². The maximum atomic E-state index is 14.7. The van der Waals surface area contributed by atoms with Crippen LogP contribution in [0, 0.1) is 0 Å². The predicted octanol–water partition coefficient (Wildman–Crippen LogP) is 9.84. The van der Waals surface area contributed by atoms with Crippen molar-refractivity contribution >= 4 is 7.60 Å². The quantitative estimate of drug-likeness (QED) is 0.0926. The first-order chi connectivity index (χ1) is 19.2. The molecule has 1 unspecified atom stereocenters. The normalized spacial score (nSPS) is 14.3. The molecule has 0 aromatic heterocycles. The van der Waals surface area contributed by atoms with Gasteiger partial charge in [0.1, 0.15) is 11.5 Å². The van der Waals surface area contributed by atoms with Gasteiger partial charge < -0.3 is 18.6 Å². The molecule has 1 rings (SSSR count). The molecule has 0 aliphatic carbocycles. The Balaban J connectivity index is 3.29. The van der Waals surface area contributed by atoms with Crippen LogP contribution >= 0.6 is 7.60 Å². The van der Waals surface area contributed by atoms with Crippen LogP contribution < -0.4 is 5.32 Å². The second-order valence-corrected chi connectivity index (χ2v) is 17.5. The SMILES string of the molecule is CCCCCCCCCC[N+](C)(C)CCNC(c1cc(C(C)(C)C)c(O)c(C(C)(C)C)c1)P(=O)(OC(C)C)OC(C)C. The second kappa shape index (κ2) is 17.0. The van der Waals surface area contributed by atoms with E-state index in [-0.39, 0.29) is 23.0 Å². The molecule has 246 valence electrons. The van der Waals surface area contributed by atoms with Gasteiger partial charge in [0.25, 0.3) is 0 Å². The van der Waals surface area contributed by atoms with Crippen LogP contribution in [0.5, 0.6) is 5.75 Å². The van der Waals surface area contributed by atoms with Crippen LogP contribution in [0.25, 0.3) is 0 Å². The molecule has 0 aliphatic rings. The van der Waals surface area contributed by atoms with Crippen molar-refractivity contribution in [3.05, 3.63) is 28.8 Å². The number of quaternary nitrogens is 1. The Morgan fingerprint density at radius 3 is 1.62 bits per heavy atom. The van der Waals surface area contributed by atoms with E-state index in [1.165, 1.54) is 51.4 Å². The lowest BCUT2D eigenvalue weighted by Crippen LogP contribution is -2.45. The molecule has 2 N–H and O–H groups in total. The van der Waals surface area contributed by atoms with Crippen LogP contribution in [0.3, 0.4) is 0 Å². The Labute approximate surface area is 260 Å². The molecule has 1 atom stereocenters. The van der Waals surface area contributed by atoms with Gasteiger partial charge in [0.15, 0.2) is 0 Å². The van der Waals surface area contributed by atoms with Gasteiger partial charge in [-0.3, -0.25) is 9.88 Å². The zero-order chi connectivity index (χ0) is 32.4. The van der Waals surface area contributed by atoms with Crippen molar-refractivity contribution in [2.24, 2.45) is 0 Å². The third kappa shape index (κ3) is 13.4. The number of phenolic OH excluding ortho intramolecular Hbond substituents is 1. The van der Waals surface area contributed by atoms with Gasteiger partial charge in [-0.25, -0.2) is 0 Å². The average molecular weight is 612 g/mol. The summed E-state index contributed by atoms with van der Waals surface area (Å²) in [6.45, 7) is 25.1. The number of benzene rings is 1. The highest BCUT2D eigenvalue weighted by Crippen LogP contribution is 2.62. The van der Waals surface area contributed by atoms with E-state index in [9.17, 15) is 9.67 Å². The molecule has 7 heteroatoms. The third-order valence-electron chi connectivity index (χ3n) is 7.77. The summed E-state index contributed by atoms with van der Waals surface area (Å²) in [5.74, 6) is -0.349. The second-order valence-electron chi connectivity index (χ2n) is 15.5. The van der Waals surface area contributed by atoms with Crippen molar-refractivity contribution in [3.63, 3.8) is 0 Å². The molecule has 0 aliphatic heterocycles. The largest absolute Gasteiger partial charge is 0.507 e. The van der Waals surface area contributed by atoms with Gasteiger partial charge in [-0.1, -0.05) is 87.0 Å². The molecule has 0 saturated carbocycles. The lowest BCUT2D eigenvalue weighted by Gasteiger charge is -2.35. The van der Waals surface area contributed by atoms with Crippen molar-refractivity contribution in [1.82, 2.24) is 5.32 Å². The van der Waals surface area contributed by atoms with Crippen LogP contribution in [0.4, 0.5) is 0 Å². The van der Waals surface area contributed by atoms with Gasteiger partial charge >= 0.3 is 7.60 Å². The van der Waals surface area contributed by atoms with Crippen molar-refractivity contribution < 1.29 is 23.2 Å². The minimum Gasteiger partial charge on any atom is -0.507 e. The number of nitrogens with zero attached hydrogens (tertiary/aromatic N) is 1. The first-order valence-electron chi connectivity index (χ1n) is 16.6. The molecule has 42 heavy (non-hydrogen) atoms. The molecule has 0 spiro atoms. The summed E-state index contributed by atoms with van der Waals surface area (Å²) >= 11 is 0. The fourth-order valence-corrected chi connectivity index (χ4v) is 7.73. The van der Waals surface area contributed by atoms with Crippen LogP contribution in [0.1, 0.15) is 150 Å². The summed E-state index contributed by atoms with van der Waals surface area (Å²) in [5.41, 5.74) is 1.90. The first-order valence-corrected chi connectivity index (χ1v) is 18.2. The molecule has 0 bridgehead atoms. The van der Waals surface area contributed by atoms with Gasteiger partial charge in [0.05, 0.1) is 39.4 Å². The summed E-state index contributed by atoms with van der Waals surface area (Å²) in [5, 5.41) is 15.0. The van der Waals surface area contributed by atoms with E-state index in [0.29, 0.717) is 12.3 Å². The van der Waals surface area contributed by atoms with Crippen LogP contribution in [-0.4, -0.2) is 55.5 Å². The highest BCUT2D eigenvalue weighted by molar-refractivity contribution is 7.54. The van der Waals surface area contributed by atoms with Gasteiger partial charge in [-0.2, -0.15) is 0 Å². The lowest BCUT2D eigenvalue weighted by molar-refractivity contribution is -0.889. The Morgan fingerprint density at radius 2 is 1.21 bits per heavy atom. The molecule has 6 nitrogen and oxygen atoms in total. The highest BCUT2D eigenvalue weighted by Gasteiger charge is 2.41. The Bertz CT molecular complexity index is 927. The molecule has 0 heterocycles. The number of hydrogen-bond donors (Lipinski definition) is 2. The van der Waals surface area contributed by atoms with Gasteiger partial charge in [0.2, 0.25) is 0 Å². The molecule has 0 radical (unpaired) electrons. The van der Waals surface area contributed by atoms with E-state index in [4.69, 9.17) is 9.05 Å². The molecule has 0 amide bonds. The predicted molar refractivity (Wildman–Crippen MR) is 181 cm³/mol. The summed E-state index contributed by atoms with van der Waals surface area (Å²) in [6, 6.07) is 4.01. The van der Waals surface area contributed by atoms with Crippen LogP contribution in [0.15, 0.2) is 12.1 Å². The minimum atomic E-state index is -3.65. The summed E-state index contributed by atoms with van der Waals surface area (Å²) in [4.78, 5) is 0. The number of likely N-dealkylation sites (N-methyl/N-ethyl adjacent to an activating group) is 1. The standard InChI is InChI=1S/C35H67N2O4P/c1-14-15-16-17-18-19-20-21-23-37(12,13)24-22-36-33(42(39,40-27(2)3)41-28(4)5)29-25-30(34(6,7)8)32(38)31(26-29)35(9,10)11/h25-28,33,36H,14-24H2,1-13H3/p+1. The summed E-state index contributed by atoms with van der Waals surface area (Å²) < 4.78 is 27.9. The minimum absolute atomic E-state index is 0.269. The number of nitrogens with one attached hydrogen (secondary N) is 1. The smallest absolute Gasteiger partial charge is 0.352 e. The van der Waals surface area contributed by atoms with E-state index in [2.05, 4.69) is 67.9 Å². The summed E-state index contributed by atoms with van der Waals surface area (Å²) in [7, 11) is 0.914. The van der Waals surface area contributed by atoms with Gasteiger partial charge in [-0.15, -0.1) is 0 Å². The Kier molecular flexibility index (Phi) is 15.8. The molecular formula is C35H68N2O4P+. The number of aromatic hydroxyl groups is 1. The zero-order valence-electron chi connectivity index (χ0n) is 29.7. The first kappa shape index (κ1) is 39.1. The summed E-state index contributed by atoms with van der Waals surface area (Å²) in [6.07, 6.45) is 10.0. The molecule has 0 fully saturated rings. The fraction of sp³-hybridized carbons (Fsp3) is 0.829. The maximum Gasteiger partial charge on any atom is 0.352 e. The van der Waals surface area contributed by atoms with E-state index in [0.717, 1.165) is 34.3 Å². The average Bonchev–Trinajstić information content (AvgIpc) is 2.81. The zero-order valence-corrected chi connectivity index (χ0v) is 30.6. The van der Waals surface area contributed by atoms with E-state index in [1.54, 1.807) is 0 Å². The van der Waals surface area contributed by atoms with Crippen LogP contribution in [-0.2, 0) is 24.4 Å². The van der Waals surface area contributed by atoms with Gasteiger partial charge in [0, 0.05) is 6.54 Å². The maximum absolute atomic E-state index is 14.7. The van der Waals surface area contributed by atoms with Crippen LogP contribution in [0.2, 0.25) is 0 Å². The van der Waals surface area contributed by atoms with E-state index < -0.39 is 13.4 Å². The highest BCUT2D eigenvalue weighted by atomic mass is 31.2. The number of phenols is 1. The third-order valence-corrected chi connectivity index (χ3v) is 10.3. The molecule has 1 aromatic rings. The van der Waals surface area contributed by atoms with Crippen molar-refractivity contribution in [3.8, 4) is 5.75 Å². The topological polar surface area (TPSA) is 67.8 Å². The van der Waals surface area contributed by atoms with Crippen molar-refractivity contribution in [2.75, 3.05) is 33.7 Å². The van der Waals surface area contributed by atoms with E-state index in [1.807, 2.05) is 39.8 Å². The lowest BCUT2D eigenvalue weighted by atomic mass is 9.78.